The fourth-order valence-electron chi connectivity index (χ4n) is 4.57. The van der Waals surface area contributed by atoms with Crippen LogP contribution in [0.1, 0.15) is 39.0 Å². The maximum atomic E-state index is 13.5. The molecule has 4 rings (SSSR count). The van der Waals surface area contributed by atoms with Gasteiger partial charge in [-0.2, -0.15) is 0 Å². The van der Waals surface area contributed by atoms with Crippen LogP contribution in [0.15, 0.2) is 18.2 Å². The summed E-state index contributed by atoms with van der Waals surface area (Å²) in [6.07, 6.45) is 5.42. The summed E-state index contributed by atoms with van der Waals surface area (Å²) in [5.74, 6) is 0.807. The van der Waals surface area contributed by atoms with Gasteiger partial charge in [0.2, 0.25) is 0 Å². The number of piperidine rings is 1. The third-order valence-corrected chi connectivity index (χ3v) is 6.07. The highest BCUT2D eigenvalue weighted by molar-refractivity contribution is 5.41. The first kappa shape index (κ1) is 21.8. The number of fused-ring (bicyclic) bond motifs is 1. The van der Waals surface area contributed by atoms with Crippen molar-refractivity contribution in [2.75, 3.05) is 52.7 Å². The summed E-state index contributed by atoms with van der Waals surface area (Å²) in [5, 5.41) is 0. The zero-order chi connectivity index (χ0) is 20.8. The normalized spacial score (nSPS) is 29.7. The molecule has 2 fully saturated rings. The lowest BCUT2D eigenvalue weighted by molar-refractivity contribution is -0.170. The molecule has 2 saturated heterocycles. The van der Waals surface area contributed by atoms with Crippen LogP contribution in [0.3, 0.4) is 0 Å². The molecule has 0 spiro atoms. The lowest BCUT2D eigenvalue weighted by Crippen LogP contribution is -2.49. The van der Waals surface area contributed by atoms with Crippen molar-refractivity contribution < 1.29 is 28.1 Å². The number of halogens is 1. The van der Waals surface area contributed by atoms with Crippen LogP contribution in [-0.2, 0) is 14.2 Å². The maximum Gasteiger partial charge on any atom is 0.164 e. The number of hydrogen-bond donors (Lipinski definition) is 0. The Hall–Kier alpha value is -1.41. The van der Waals surface area contributed by atoms with E-state index >= 15 is 0 Å². The molecular formula is C23H34FNO5. The predicted octanol–water partition coefficient (Wildman–Crippen LogP) is 3.63. The molecule has 7 heteroatoms. The van der Waals surface area contributed by atoms with Crippen LogP contribution in [0.4, 0.5) is 4.39 Å². The molecule has 3 atom stereocenters. The second-order valence-electron chi connectivity index (χ2n) is 9.01. The minimum Gasteiger partial charge on any atom is -0.486 e. The van der Waals surface area contributed by atoms with Gasteiger partial charge in [-0.25, -0.2) is 4.39 Å². The second-order valence-corrected chi connectivity index (χ2v) is 9.01. The van der Waals surface area contributed by atoms with Gasteiger partial charge in [0, 0.05) is 31.2 Å². The van der Waals surface area contributed by atoms with Gasteiger partial charge in [-0.05, 0) is 50.8 Å². The van der Waals surface area contributed by atoms with E-state index in [2.05, 4.69) is 11.8 Å². The maximum absolute atomic E-state index is 13.5. The lowest BCUT2D eigenvalue weighted by Gasteiger charge is -2.42. The van der Waals surface area contributed by atoms with E-state index < -0.39 is 0 Å². The zero-order valence-corrected chi connectivity index (χ0v) is 17.9. The number of rotatable bonds is 8. The summed E-state index contributed by atoms with van der Waals surface area (Å²) < 4.78 is 42.5. The van der Waals surface area contributed by atoms with Crippen LogP contribution < -0.4 is 9.47 Å². The van der Waals surface area contributed by atoms with E-state index in [1.54, 1.807) is 6.07 Å². The molecule has 0 N–H and O–H groups in total. The third-order valence-electron chi connectivity index (χ3n) is 6.07. The highest BCUT2D eigenvalue weighted by Crippen LogP contribution is 2.34. The minimum atomic E-state index is -0.306. The average Bonchev–Trinajstić information content (AvgIpc) is 2.74. The Morgan fingerprint density at radius 1 is 1.20 bits per heavy atom. The van der Waals surface area contributed by atoms with Crippen LogP contribution in [0, 0.1) is 11.2 Å². The first-order valence-corrected chi connectivity index (χ1v) is 11.2. The molecular weight excluding hydrogens is 389 g/mol. The fraction of sp³-hybridized carbons (Fsp3) is 0.739. The van der Waals surface area contributed by atoms with Crippen molar-refractivity contribution in [2.45, 2.75) is 51.4 Å². The van der Waals surface area contributed by atoms with E-state index in [4.69, 9.17) is 23.7 Å². The fourth-order valence-corrected chi connectivity index (χ4v) is 4.57. The standard InChI is InChI=1S/C23H34FNO5/c1-23(17-26-11-12-28-22-5-2-3-10-27-22)8-4-9-25(16-23)14-19-15-29-20-7-6-18(24)13-21(20)30-19/h6-7,13,19,22H,2-5,8-12,14-17H2,1H3/t19-,22-,23?/m0/s1. The van der Waals surface area contributed by atoms with Gasteiger partial charge in [-0.3, -0.25) is 4.90 Å². The Morgan fingerprint density at radius 2 is 2.13 bits per heavy atom. The van der Waals surface area contributed by atoms with E-state index in [1.807, 2.05) is 0 Å². The van der Waals surface area contributed by atoms with Gasteiger partial charge in [-0.1, -0.05) is 6.92 Å². The Kier molecular flexibility index (Phi) is 7.46. The number of nitrogens with zero attached hydrogens (tertiary/aromatic N) is 1. The monoisotopic (exact) mass is 423 g/mol. The largest absolute Gasteiger partial charge is 0.486 e. The third kappa shape index (κ3) is 6.06. The average molecular weight is 424 g/mol. The van der Waals surface area contributed by atoms with E-state index in [-0.39, 0.29) is 23.6 Å². The van der Waals surface area contributed by atoms with Gasteiger partial charge in [0.25, 0.3) is 0 Å². The summed E-state index contributed by atoms with van der Waals surface area (Å²) in [7, 11) is 0. The van der Waals surface area contributed by atoms with Crippen molar-refractivity contribution in [1.82, 2.24) is 4.90 Å². The van der Waals surface area contributed by atoms with Crippen LogP contribution in [0.5, 0.6) is 11.5 Å². The topological polar surface area (TPSA) is 49.4 Å². The van der Waals surface area contributed by atoms with Crippen molar-refractivity contribution in [3.8, 4) is 11.5 Å². The SMILES string of the molecule is CC1(COCCO[C@H]2CCCCO2)CCCN(C[C@H]2COc3ccc(F)cc3O2)C1. The van der Waals surface area contributed by atoms with Gasteiger partial charge in [0.15, 0.2) is 17.8 Å². The van der Waals surface area contributed by atoms with Crippen LogP contribution in [0.2, 0.25) is 0 Å². The number of likely N-dealkylation sites (tertiary alicyclic amines) is 1. The van der Waals surface area contributed by atoms with Crippen molar-refractivity contribution in [3.05, 3.63) is 24.0 Å². The van der Waals surface area contributed by atoms with Crippen molar-refractivity contribution in [2.24, 2.45) is 5.41 Å². The van der Waals surface area contributed by atoms with E-state index in [0.29, 0.717) is 37.9 Å². The van der Waals surface area contributed by atoms with Gasteiger partial charge in [0.05, 0.1) is 19.8 Å². The molecule has 0 amide bonds. The van der Waals surface area contributed by atoms with E-state index in [9.17, 15) is 4.39 Å². The molecule has 1 aromatic rings. The summed E-state index contributed by atoms with van der Waals surface area (Å²) in [4.78, 5) is 2.41. The van der Waals surface area contributed by atoms with Crippen molar-refractivity contribution >= 4 is 0 Å². The van der Waals surface area contributed by atoms with Gasteiger partial charge in [0.1, 0.15) is 18.5 Å². The van der Waals surface area contributed by atoms with E-state index in [1.165, 1.54) is 18.6 Å². The Labute approximate surface area is 178 Å². The first-order valence-electron chi connectivity index (χ1n) is 11.2. The molecule has 3 aliphatic rings. The molecule has 1 aromatic carbocycles. The molecule has 0 aromatic heterocycles. The Morgan fingerprint density at radius 3 is 3.00 bits per heavy atom. The highest BCUT2D eigenvalue weighted by atomic mass is 19.1. The van der Waals surface area contributed by atoms with Crippen LogP contribution in [0.25, 0.3) is 0 Å². The van der Waals surface area contributed by atoms with Crippen LogP contribution >= 0.6 is 0 Å². The molecule has 3 aliphatic heterocycles. The summed E-state index contributed by atoms with van der Waals surface area (Å²) >= 11 is 0. The smallest absolute Gasteiger partial charge is 0.164 e. The van der Waals surface area contributed by atoms with Crippen molar-refractivity contribution in [3.63, 3.8) is 0 Å². The molecule has 1 unspecified atom stereocenters. The first-order chi connectivity index (χ1) is 14.6. The minimum absolute atomic E-state index is 0.0561. The molecule has 30 heavy (non-hydrogen) atoms. The highest BCUT2D eigenvalue weighted by Gasteiger charge is 2.33. The molecule has 0 radical (unpaired) electrons. The second kappa shape index (κ2) is 10.3. The number of benzene rings is 1. The summed E-state index contributed by atoms with van der Waals surface area (Å²) in [6, 6.07) is 4.42. The van der Waals surface area contributed by atoms with Gasteiger partial charge in [-0.15, -0.1) is 0 Å². The van der Waals surface area contributed by atoms with Crippen LogP contribution in [-0.4, -0.2) is 70.0 Å². The molecule has 0 bridgehead atoms. The van der Waals surface area contributed by atoms with Crippen molar-refractivity contribution in [1.29, 1.82) is 0 Å². The van der Waals surface area contributed by atoms with Gasteiger partial charge >= 0.3 is 0 Å². The predicted molar refractivity (Wildman–Crippen MR) is 110 cm³/mol. The molecule has 168 valence electrons. The molecule has 6 nitrogen and oxygen atoms in total. The Balaban J connectivity index is 1.18. The Bertz CT molecular complexity index is 684. The summed E-state index contributed by atoms with van der Waals surface area (Å²) in [6.45, 7) is 8.22. The lowest BCUT2D eigenvalue weighted by atomic mass is 9.82. The zero-order valence-electron chi connectivity index (χ0n) is 17.9. The van der Waals surface area contributed by atoms with Gasteiger partial charge < -0.3 is 23.7 Å². The number of ether oxygens (including phenoxy) is 5. The molecule has 3 heterocycles. The quantitative estimate of drug-likeness (QED) is 0.595. The molecule has 0 saturated carbocycles. The summed E-state index contributed by atoms with van der Waals surface area (Å²) in [5.41, 5.74) is 0.110. The number of hydrogen-bond acceptors (Lipinski definition) is 6. The van der Waals surface area contributed by atoms with E-state index in [0.717, 1.165) is 51.9 Å². The molecule has 0 aliphatic carbocycles.